The monoisotopic (exact) mass is 353 g/mol. The summed E-state index contributed by atoms with van der Waals surface area (Å²) in [6.07, 6.45) is 7.55. The molecule has 0 bridgehead atoms. The number of hydrogen-bond acceptors (Lipinski definition) is 5. The Labute approximate surface area is 154 Å². The van der Waals surface area contributed by atoms with E-state index in [1.807, 2.05) is 29.1 Å². The second-order valence-corrected chi connectivity index (χ2v) is 7.26. The van der Waals surface area contributed by atoms with Gasteiger partial charge < -0.3 is 15.1 Å². The molecule has 2 aliphatic heterocycles. The molecular formula is C20H27N5O. The third-order valence-corrected chi connectivity index (χ3v) is 5.48. The number of aromatic nitrogens is 2. The lowest BCUT2D eigenvalue weighted by atomic mass is 10.0. The summed E-state index contributed by atoms with van der Waals surface area (Å²) in [4.78, 5) is 22.2. The minimum Gasteiger partial charge on any atom is -0.313 e. The SMILES string of the molecule is CN1CCN(CCC(=O)n2cc(C3=CCNCC3)c3ncccc32)CC1. The third kappa shape index (κ3) is 3.58. The van der Waals surface area contributed by atoms with Crippen LogP contribution in [0.2, 0.25) is 0 Å². The first-order valence-corrected chi connectivity index (χ1v) is 9.52. The van der Waals surface area contributed by atoms with Crippen LogP contribution in [0.5, 0.6) is 0 Å². The molecule has 1 saturated heterocycles. The molecule has 0 amide bonds. The van der Waals surface area contributed by atoms with Crippen molar-refractivity contribution in [3.8, 4) is 0 Å². The molecule has 26 heavy (non-hydrogen) atoms. The summed E-state index contributed by atoms with van der Waals surface area (Å²) in [6.45, 7) is 6.93. The quantitative estimate of drug-likeness (QED) is 0.907. The van der Waals surface area contributed by atoms with Crippen molar-refractivity contribution < 1.29 is 4.79 Å². The highest BCUT2D eigenvalue weighted by molar-refractivity contribution is 5.97. The minimum absolute atomic E-state index is 0.155. The maximum absolute atomic E-state index is 12.9. The van der Waals surface area contributed by atoms with Gasteiger partial charge in [-0.05, 0) is 37.7 Å². The van der Waals surface area contributed by atoms with Gasteiger partial charge in [-0.3, -0.25) is 14.3 Å². The highest BCUT2D eigenvalue weighted by Gasteiger charge is 2.19. The van der Waals surface area contributed by atoms with Gasteiger partial charge in [0.05, 0.1) is 11.0 Å². The molecule has 0 aromatic carbocycles. The molecule has 0 spiro atoms. The Bertz CT molecular complexity index is 817. The lowest BCUT2D eigenvalue weighted by molar-refractivity contribution is 0.0868. The second-order valence-electron chi connectivity index (χ2n) is 7.26. The topological polar surface area (TPSA) is 53.4 Å². The number of piperazine rings is 1. The molecule has 1 N–H and O–H groups in total. The average molecular weight is 353 g/mol. The van der Waals surface area contributed by atoms with E-state index in [0.717, 1.165) is 68.8 Å². The summed E-state index contributed by atoms with van der Waals surface area (Å²) in [5, 5.41) is 3.34. The number of nitrogens with zero attached hydrogens (tertiary/aromatic N) is 4. The van der Waals surface area contributed by atoms with Crippen molar-refractivity contribution in [1.29, 1.82) is 0 Å². The average Bonchev–Trinajstić information content (AvgIpc) is 3.08. The highest BCUT2D eigenvalue weighted by atomic mass is 16.2. The van der Waals surface area contributed by atoms with Gasteiger partial charge in [-0.2, -0.15) is 0 Å². The second kappa shape index (κ2) is 7.70. The van der Waals surface area contributed by atoms with Gasteiger partial charge in [-0.15, -0.1) is 0 Å². The smallest absolute Gasteiger partial charge is 0.232 e. The Kier molecular flexibility index (Phi) is 5.15. The summed E-state index contributed by atoms with van der Waals surface area (Å²) < 4.78 is 1.82. The fourth-order valence-electron chi connectivity index (χ4n) is 3.81. The van der Waals surface area contributed by atoms with Crippen LogP contribution in [0.3, 0.4) is 0 Å². The molecule has 6 heteroatoms. The molecule has 2 aromatic heterocycles. The van der Waals surface area contributed by atoms with Gasteiger partial charge in [-0.25, -0.2) is 0 Å². The van der Waals surface area contributed by atoms with E-state index in [1.54, 1.807) is 0 Å². The fraction of sp³-hybridized carbons (Fsp3) is 0.500. The zero-order valence-corrected chi connectivity index (χ0v) is 15.4. The Morgan fingerprint density at radius 3 is 2.88 bits per heavy atom. The largest absolute Gasteiger partial charge is 0.313 e. The van der Waals surface area contributed by atoms with Crippen molar-refractivity contribution in [2.45, 2.75) is 12.8 Å². The zero-order valence-electron chi connectivity index (χ0n) is 15.4. The van der Waals surface area contributed by atoms with Gasteiger partial charge in [0, 0.05) is 63.6 Å². The number of carbonyl (C=O) groups is 1. The van der Waals surface area contributed by atoms with Crippen molar-refractivity contribution >= 4 is 22.5 Å². The lowest BCUT2D eigenvalue weighted by Crippen LogP contribution is -2.45. The van der Waals surface area contributed by atoms with E-state index in [9.17, 15) is 4.79 Å². The molecule has 0 unspecified atom stereocenters. The van der Waals surface area contributed by atoms with Gasteiger partial charge in [0.2, 0.25) is 5.91 Å². The van der Waals surface area contributed by atoms with Crippen LogP contribution in [0, 0.1) is 0 Å². The predicted octanol–water partition coefficient (Wildman–Crippen LogP) is 1.69. The number of hydrogen-bond donors (Lipinski definition) is 1. The van der Waals surface area contributed by atoms with Crippen molar-refractivity contribution in [2.24, 2.45) is 0 Å². The summed E-state index contributed by atoms with van der Waals surface area (Å²) in [5.74, 6) is 0.155. The van der Waals surface area contributed by atoms with Crippen LogP contribution < -0.4 is 5.32 Å². The first-order valence-electron chi connectivity index (χ1n) is 9.52. The zero-order chi connectivity index (χ0) is 17.9. The van der Waals surface area contributed by atoms with Crippen LogP contribution >= 0.6 is 0 Å². The van der Waals surface area contributed by atoms with Gasteiger partial charge in [0.15, 0.2) is 0 Å². The first kappa shape index (κ1) is 17.4. The Hall–Kier alpha value is -2.02. The molecule has 2 aliphatic rings. The molecule has 0 radical (unpaired) electrons. The van der Waals surface area contributed by atoms with E-state index < -0.39 is 0 Å². The number of nitrogens with one attached hydrogen (secondary N) is 1. The van der Waals surface area contributed by atoms with Crippen LogP contribution in [0.1, 0.15) is 23.2 Å². The van der Waals surface area contributed by atoms with Gasteiger partial charge >= 0.3 is 0 Å². The molecule has 1 fully saturated rings. The van der Waals surface area contributed by atoms with Crippen molar-refractivity contribution in [3.05, 3.63) is 36.2 Å². The van der Waals surface area contributed by atoms with Gasteiger partial charge in [0.1, 0.15) is 0 Å². The van der Waals surface area contributed by atoms with Crippen LogP contribution in [0.25, 0.3) is 16.6 Å². The minimum atomic E-state index is 0.155. The maximum atomic E-state index is 12.9. The van der Waals surface area contributed by atoms with E-state index in [-0.39, 0.29) is 5.91 Å². The van der Waals surface area contributed by atoms with E-state index >= 15 is 0 Å². The number of fused-ring (bicyclic) bond motifs is 1. The Morgan fingerprint density at radius 2 is 2.12 bits per heavy atom. The highest BCUT2D eigenvalue weighted by Crippen LogP contribution is 2.28. The number of carbonyl (C=O) groups excluding carboxylic acids is 1. The molecule has 0 aliphatic carbocycles. The standard InChI is InChI=1S/C20H27N5O/c1-23-11-13-24(14-12-23)10-6-19(26)25-15-17(16-4-8-21-9-5-16)20-18(25)3-2-7-22-20/h2-4,7,15,21H,5-6,8-14H2,1H3. The molecule has 2 aromatic rings. The summed E-state index contributed by atoms with van der Waals surface area (Å²) in [5.41, 5.74) is 4.26. The molecular weight excluding hydrogens is 326 g/mol. The molecule has 0 atom stereocenters. The summed E-state index contributed by atoms with van der Waals surface area (Å²) in [7, 11) is 2.15. The maximum Gasteiger partial charge on any atom is 0.232 e. The summed E-state index contributed by atoms with van der Waals surface area (Å²) >= 11 is 0. The number of pyridine rings is 1. The Morgan fingerprint density at radius 1 is 1.27 bits per heavy atom. The molecule has 138 valence electrons. The van der Waals surface area contributed by atoms with Crippen LogP contribution in [0.15, 0.2) is 30.6 Å². The van der Waals surface area contributed by atoms with Crippen molar-refractivity contribution in [2.75, 3.05) is 52.9 Å². The van der Waals surface area contributed by atoms with Crippen LogP contribution in [-0.4, -0.2) is 78.1 Å². The van der Waals surface area contributed by atoms with Crippen molar-refractivity contribution in [1.82, 2.24) is 24.7 Å². The predicted molar refractivity (Wildman–Crippen MR) is 104 cm³/mol. The molecule has 4 heterocycles. The molecule has 4 rings (SSSR count). The van der Waals surface area contributed by atoms with Gasteiger partial charge in [0.25, 0.3) is 0 Å². The number of rotatable bonds is 4. The van der Waals surface area contributed by atoms with Crippen molar-refractivity contribution in [3.63, 3.8) is 0 Å². The normalized spacial score (nSPS) is 19.7. The fourth-order valence-corrected chi connectivity index (χ4v) is 3.81. The van der Waals surface area contributed by atoms with E-state index in [4.69, 9.17) is 0 Å². The molecule has 0 saturated carbocycles. The van der Waals surface area contributed by atoms with Gasteiger partial charge in [-0.1, -0.05) is 6.08 Å². The van der Waals surface area contributed by atoms with E-state index in [0.29, 0.717) is 6.42 Å². The number of likely N-dealkylation sites (N-methyl/N-ethyl adjacent to an activating group) is 1. The van der Waals surface area contributed by atoms with E-state index in [1.165, 1.54) is 5.57 Å². The molecule has 6 nitrogen and oxygen atoms in total. The summed E-state index contributed by atoms with van der Waals surface area (Å²) in [6, 6.07) is 3.91. The first-order chi connectivity index (χ1) is 12.7. The Balaban J connectivity index is 1.54. The van der Waals surface area contributed by atoms with Crippen LogP contribution in [0.4, 0.5) is 0 Å². The third-order valence-electron chi connectivity index (χ3n) is 5.48. The van der Waals surface area contributed by atoms with E-state index in [2.05, 4.69) is 33.2 Å². The van der Waals surface area contributed by atoms with Crippen LogP contribution in [-0.2, 0) is 0 Å². The lowest BCUT2D eigenvalue weighted by Gasteiger charge is -2.32.